The van der Waals surface area contributed by atoms with E-state index < -0.39 is 5.82 Å². The highest BCUT2D eigenvalue weighted by molar-refractivity contribution is 5.95. The monoisotopic (exact) mass is 248 g/mol. The number of halogens is 1. The molecule has 2 fully saturated rings. The number of rotatable bonds is 2. The van der Waals surface area contributed by atoms with Gasteiger partial charge in [-0.15, -0.1) is 0 Å². The van der Waals surface area contributed by atoms with E-state index in [4.69, 9.17) is 5.73 Å². The van der Waals surface area contributed by atoms with Gasteiger partial charge in [0.1, 0.15) is 5.82 Å². The topological polar surface area (TPSA) is 55.1 Å². The van der Waals surface area contributed by atoms with Gasteiger partial charge in [-0.25, -0.2) is 4.39 Å². The molecule has 3 nitrogen and oxygen atoms in total. The van der Waals surface area contributed by atoms with Crippen molar-refractivity contribution in [1.29, 1.82) is 0 Å². The zero-order chi connectivity index (χ0) is 12.7. The van der Waals surface area contributed by atoms with E-state index in [9.17, 15) is 9.18 Å². The summed E-state index contributed by atoms with van der Waals surface area (Å²) < 4.78 is 13.0. The lowest BCUT2D eigenvalue weighted by Gasteiger charge is -2.22. The van der Waals surface area contributed by atoms with Crippen molar-refractivity contribution < 1.29 is 9.18 Å². The number of hydrogen-bond donors (Lipinski definition) is 2. The van der Waals surface area contributed by atoms with Crippen molar-refractivity contribution >= 4 is 11.6 Å². The van der Waals surface area contributed by atoms with Crippen molar-refractivity contribution in [3.8, 4) is 0 Å². The van der Waals surface area contributed by atoms with E-state index >= 15 is 0 Å². The van der Waals surface area contributed by atoms with Crippen LogP contribution >= 0.6 is 0 Å². The normalized spacial score (nSPS) is 29.5. The lowest BCUT2D eigenvalue weighted by molar-refractivity contribution is 0.0923. The SMILES string of the molecule is Nc1cc(C(=O)NC2CC3CCC2C3)ccc1F. The van der Waals surface area contributed by atoms with Crippen LogP contribution in [0.1, 0.15) is 36.0 Å². The number of amides is 1. The van der Waals surface area contributed by atoms with E-state index in [1.54, 1.807) is 0 Å². The third kappa shape index (κ3) is 1.96. The maximum Gasteiger partial charge on any atom is 0.251 e. The molecule has 2 aliphatic rings. The summed E-state index contributed by atoms with van der Waals surface area (Å²) in [4.78, 5) is 12.1. The number of nitrogens with two attached hydrogens (primary N) is 1. The molecule has 2 saturated carbocycles. The molecule has 3 atom stereocenters. The molecule has 0 radical (unpaired) electrons. The van der Waals surface area contributed by atoms with Gasteiger partial charge in [0.05, 0.1) is 5.69 Å². The fourth-order valence-electron chi connectivity index (χ4n) is 3.36. The number of nitrogens with one attached hydrogen (secondary N) is 1. The van der Waals surface area contributed by atoms with Crippen LogP contribution in [0.4, 0.5) is 10.1 Å². The highest BCUT2D eigenvalue weighted by atomic mass is 19.1. The molecule has 1 amide bonds. The van der Waals surface area contributed by atoms with E-state index in [2.05, 4.69) is 5.32 Å². The van der Waals surface area contributed by atoms with Crippen molar-refractivity contribution in [2.24, 2.45) is 11.8 Å². The molecule has 0 saturated heterocycles. The van der Waals surface area contributed by atoms with E-state index in [1.165, 1.54) is 37.5 Å². The van der Waals surface area contributed by atoms with Gasteiger partial charge in [-0.1, -0.05) is 6.42 Å². The largest absolute Gasteiger partial charge is 0.396 e. The molecule has 3 rings (SSSR count). The third-order valence-electron chi connectivity index (χ3n) is 4.31. The van der Waals surface area contributed by atoms with Gasteiger partial charge in [-0.3, -0.25) is 4.79 Å². The molecule has 0 aromatic heterocycles. The van der Waals surface area contributed by atoms with Gasteiger partial charge < -0.3 is 11.1 Å². The lowest BCUT2D eigenvalue weighted by atomic mass is 9.95. The van der Waals surface area contributed by atoms with Crippen molar-refractivity contribution in [2.45, 2.75) is 31.7 Å². The molecule has 4 heteroatoms. The Balaban J connectivity index is 1.69. The number of fused-ring (bicyclic) bond motifs is 2. The van der Waals surface area contributed by atoms with Gasteiger partial charge in [0.2, 0.25) is 0 Å². The van der Waals surface area contributed by atoms with Crippen LogP contribution < -0.4 is 11.1 Å². The first-order chi connectivity index (χ1) is 8.63. The van der Waals surface area contributed by atoms with Crippen LogP contribution in [-0.4, -0.2) is 11.9 Å². The minimum absolute atomic E-state index is 0.0237. The van der Waals surface area contributed by atoms with Gasteiger partial charge in [0.15, 0.2) is 0 Å². The van der Waals surface area contributed by atoms with Crippen molar-refractivity contribution in [3.05, 3.63) is 29.6 Å². The predicted octanol–water partition coefficient (Wildman–Crippen LogP) is 2.33. The van der Waals surface area contributed by atoms with Gasteiger partial charge >= 0.3 is 0 Å². The van der Waals surface area contributed by atoms with E-state index in [0.29, 0.717) is 17.5 Å². The quantitative estimate of drug-likeness (QED) is 0.789. The minimum atomic E-state index is -0.480. The smallest absolute Gasteiger partial charge is 0.251 e. The van der Waals surface area contributed by atoms with Gasteiger partial charge in [-0.2, -0.15) is 0 Å². The second-order valence-corrected chi connectivity index (χ2v) is 5.49. The van der Waals surface area contributed by atoms with E-state index in [-0.39, 0.29) is 11.6 Å². The maximum absolute atomic E-state index is 13.0. The molecule has 0 spiro atoms. The fourth-order valence-corrected chi connectivity index (χ4v) is 3.36. The zero-order valence-electron chi connectivity index (χ0n) is 10.2. The molecule has 3 unspecified atom stereocenters. The van der Waals surface area contributed by atoms with E-state index in [1.807, 2.05) is 0 Å². The van der Waals surface area contributed by atoms with Crippen molar-refractivity contribution in [3.63, 3.8) is 0 Å². The summed E-state index contributed by atoms with van der Waals surface area (Å²) in [5, 5.41) is 3.06. The van der Waals surface area contributed by atoms with Crippen LogP contribution in [0, 0.1) is 17.7 Å². The minimum Gasteiger partial charge on any atom is -0.396 e. The molecule has 0 heterocycles. The van der Waals surface area contributed by atoms with Crippen LogP contribution in [0.15, 0.2) is 18.2 Å². The molecule has 0 aliphatic heterocycles. The van der Waals surface area contributed by atoms with Gasteiger partial charge in [-0.05, 0) is 49.3 Å². The average molecular weight is 248 g/mol. The Morgan fingerprint density at radius 2 is 2.17 bits per heavy atom. The first-order valence-corrected chi connectivity index (χ1v) is 6.49. The fraction of sp³-hybridized carbons (Fsp3) is 0.500. The Morgan fingerprint density at radius 1 is 1.33 bits per heavy atom. The molecule has 2 aliphatic carbocycles. The Labute approximate surface area is 106 Å². The third-order valence-corrected chi connectivity index (χ3v) is 4.31. The lowest BCUT2D eigenvalue weighted by Crippen LogP contribution is -2.38. The molecular formula is C14H17FN2O. The maximum atomic E-state index is 13.0. The number of hydrogen-bond acceptors (Lipinski definition) is 2. The van der Waals surface area contributed by atoms with Crippen LogP contribution in [0.2, 0.25) is 0 Å². The molecule has 2 bridgehead atoms. The van der Waals surface area contributed by atoms with Crippen LogP contribution in [0.25, 0.3) is 0 Å². The predicted molar refractivity (Wildman–Crippen MR) is 67.5 cm³/mol. The number of benzene rings is 1. The summed E-state index contributed by atoms with van der Waals surface area (Å²) in [6, 6.07) is 4.42. The number of carbonyl (C=O) groups is 1. The summed E-state index contributed by atoms with van der Waals surface area (Å²) in [5.41, 5.74) is 5.94. The van der Waals surface area contributed by atoms with E-state index in [0.717, 1.165) is 12.3 Å². The second kappa shape index (κ2) is 4.26. The number of anilines is 1. The van der Waals surface area contributed by atoms with Crippen molar-refractivity contribution in [2.75, 3.05) is 5.73 Å². The van der Waals surface area contributed by atoms with Crippen molar-refractivity contribution in [1.82, 2.24) is 5.32 Å². The molecule has 3 N–H and O–H groups in total. The highest BCUT2D eigenvalue weighted by Gasteiger charge is 2.40. The van der Waals surface area contributed by atoms with Crippen LogP contribution in [-0.2, 0) is 0 Å². The van der Waals surface area contributed by atoms with Crippen LogP contribution in [0.5, 0.6) is 0 Å². The Hall–Kier alpha value is -1.58. The molecular weight excluding hydrogens is 231 g/mol. The molecule has 1 aromatic rings. The zero-order valence-corrected chi connectivity index (χ0v) is 10.2. The molecule has 96 valence electrons. The summed E-state index contributed by atoms with van der Waals surface area (Å²) in [5.74, 6) is 0.807. The second-order valence-electron chi connectivity index (χ2n) is 5.49. The highest BCUT2D eigenvalue weighted by Crippen LogP contribution is 2.44. The number of carbonyl (C=O) groups excluding carboxylic acids is 1. The summed E-state index contributed by atoms with van der Waals surface area (Å²) in [7, 11) is 0. The van der Waals surface area contributed by atoms with Crippen LogP contribution in [0.3, 0.4) is 0 Å². The Kier molecular flexibility index (Phi) is 2.73. The average Bonchev–Trinajstić information content (AvgIpc) is 2.94. The standard InChI is InChI=1S/C14H17FN2O/c15-11-4-3-10(7-12(11)16)14(18)17-13-6-8-1-2-9(13)5-8/h3-4,7-9,13H,1-2,5-6,16H2,(H,17,18). The summed E-state index contributed by atoms with van der Waals surface area (Å²) in [6.45, 7) is 0. The van der Waals surface area contributed by atoms with Gasteiger partial charge in [0, 0.05) is 11.6 Å². The molecule has 1 aromatic carbocycles. The first-order valence-electron chi connectivity index (χ1n) is 6.49. The number of nitrogen functional groups attached to an aromatic ring is 1. The first kappa shape index (κ1) is 11.5. The summed E-state index contributed by atoms with van der Waals surface area (Å²) >= 11 is 0. The Bertz CT molecular complexity index is 489. The molecule has 18 heavy (non-hydrogen) atoms. The van der Waals surface area contributed by atoms with Gasteiger partial charge in [0.25, 0.3) is 5.91 Å². The summed E-state index contributed by atoms with van der Waals surface area (Å²) in [6.07, 6.45) is 4.87. The Morgan fingerprint density at radius 3 is 2.78 bits per heavy atom.